The van der Waals surface area contributed by atoms with Crippen molar-refractivity contribution in [3.63, 3.8) is 0 Å². The smallest absolute Gasteiger partial charge is 0.0575 e. The van der Waals surface area contributed by atoms with Crippen molar-refractivity contribution in [3.8, 4) is 0 Å². The molecule has 1 fully saturated rings. The Kier molecular flexibility index (Phi) is 1.29. The Balaban J connectivity index is 2.30. The van der Waals surface area contributed by atoms with Crippen LogP contribution in [0.4, 0.5) is 0 Å². The van der Waals surface area contributed by atoms with Gasteiger partial charge in [0.25, 0.3) is 0 Å². The quantitative estimate of drug-likeness (QED) is 0.514. The zero-order valence-electron chi connectivity index (χ0n) is 5.22. The van der Waals surface area contributed by atoms with Gasteiger partial charge in [0.15, 0.2) is 0 Å². The van der Waals surface area contributed by atoms with Crippen molar-refractivity contribution in [2.75, 3.05) is 0 Å². The molecule has 1 aliphatic rings. The summed E-state index contributed by atoms with van der Waals surface area (Å²) in [5.41, 5.74) is 5.72. The third kappa shape index (κ3) is 0.858. The lowest BCUT2D eigenvalue weighted by molar-refractivity contribution is 0.0212. The molecule has 48 valence electrons. The molecule has 0 aliphatic heterocycles. The van der Waals surface area contributed by atoms with Crippen molar-refractivity contribution in [2.24, 2.45) is 5.73 Å². The van der Waals surface area contributed by atoms with E-state index in [4.69, 9.17) is 10.8 Å². The molecule has 1 rings (SSSR count). The van der Waals surface area contributed by atoms with Crippen LogP contribution in [0, 0.1) is 0 Å². The van der Waals surface area contributed by atoms with Crippen molar-refractivity contribution >= 4 is 0 Å². The Morgan fingerprint density at radius 2 is 2.25 bits per heavy atom. The SMILES string of the molecule is CCC1(N)CC(O)C1. The van der Waals surface area contributed by atoms with E-state index in [0.29, 0.717) is 0 Å². The van der Waals surface area contributed by atoms with Gasteiger partial charge in [-0.1, -0.05) is 6.92 Å². The van der Waals surface area contributed by atoms with Gasteiger partial charge in [-0.25, -0.2) is 0 Å². The highest BCUT2D eigenvalue weighted by atomic mass is 16.3. The molecule has 2 nitrogen and oxygen atoms in total. The molecule has 0 aromatic rings. The number of nitrogens with two attached hydrogens (primary N) is 1. The fourth-order valence-electron chi connectivity index (χ4n) is 1.17. The van der Waals surface area contributed by atoms with Crippen molar-refractivity contribution in [2.45, 2.75) is 37.8 Å². The lowest BCUT2D eigenvalue weighted by Crippen LogP contribution is -2.53. The molecule has 8 heavy (non-hydrogen) atoms. The molecule has 0 heterocycles. The lowest BCUT2D eigenvalue weighted by Gasteiger charge is -2.41. The zero-order chi connectivity index (χ0) is 6.20. The summed E-state index contributed by atoms with van der Waals surface area (Å²) in [5.74, 6) is 0. The first kappa shape index (κ1) is 6.05. The van der Waals surface area contributed by atoms with E-state index in [1.54, 1.807) is 0 Å². The minimum atomic E-state index is -0.111. The third-order valence-corrected chi connectivity index (χ3v) is 1.99. The molecule has 0 bridgehead atoms. The molecule has 3 N–H and O–H groups in total. The van der Waals surface area contributed by atoms with Crippen LogP contribution >= 0.6 is 0 Å². The molecule has 1 aliphatic carbocycles. The highest BCUT2D eigenvalue weighted by Gasteiger charge is 2.37. The van der Waals surface area contributed by atoms with E-state index in [9.17, 15) is 0 Å². The lowest BCUT2D eigenvalue weighted by atomic mass is 9.73. The predicted molar refractivity (Wildman–Crippen MR) is 32.5 cm³/mol. The van der Waals surface area contributed by atoms with Crippen LogP contribution in [0.3, 0.4) is 0 Å². The van der Waals surface area contributed by atoms with Crippen molar-refractivity contribution in [1.82, 2.24) is 0 Å². The first-order chi connectivity index (χ1) is 3.66. The summed E-state index contributed by atoms with van der Waals surface area (Å²) in [7, 11) is 0. The molecule has 0 radical (unpaired) electrons. The van der Waals surface area contributed by atoms with E-state index in [2.05, 4.69) is 6.92 Å². The molecule has 0 atom stereocenters. The first-order valence-corrected chi connectivity index (χ1v) is 3.13. The summed E-state index contributed by atoms with van der Waals surface area (Å²) in [6.07, 6.45) is 2.47. The second kappa shape index (κ2) is 1.71. The van der Waals surface area contributed by atoms with Crippen LogP contribution in [-0.4, -0.2) is 16.7 Å². The monoisotopic (exact) mass is 115 g/mol. The van der Waals surface area contributed by atoms with Crippen molar-refractivity contribution in [1.29, 1.82) is 0 Å². The van der Waals surface area contributed by atoms with Gasteiger partial charge in [-0.2, -0.15) is 0 Å². The predicted octanol–water partition coefficient (Wildman–Crippen LogP) is 0.249. The highest BCUT2D eigenvalue weighted by molar-refractivity contribution is 4.97. The number of hydrogen-bond acceptors (Lipinski definition) is 2. The maximum atomic E-state index is 8.83. The average molecular weight is 115 g/mol. The van der Waals surface area contributed by atoms with E-state index in [-0.39, 0.29) is 11.6 Å². The molecule has 1 saturated carbocycles. The van der Waals surface area contributed by atoms with Gasteiger partial charge in [0, 0.05) is 5.54 Å². The van der Waals surface area contributed by atoms with Crippen LogP contribution in [0.5, 0.6) is 0 Å². The van der Waals surface area contributed by atoms with E-state index in [1.165, 1.54) is 0 Å². The largest absolute Gasteiger partial charge is 0.393 e. The molecule has 0 spiro atoms. The summed E-state index contributed by atoms with van der Waals surface area (Å²) in [6, 6.07) is 0. The second-order valence-electron chi connectivity index (χ2n) is 2.78. The molecule has 2 heteroatoms. The van der Waals surface area contributed by atoms with Gasteiger partial charge in [-0.3, -0.25) is 0 Å². The maximum Gasteiger partial charge on any atom is 0.0575 e. The third-order valence-electron chi connectivity index (χ3n) is 1.99. The van der Waals surface area contributed by atoms with Gasteiger partial charge >= 0.3 is 0 Å². The summed E-state index contributed by atoms with van der Waals surface area (Å²) in [5, 5.41) is 8.83. The van der Waals surface area contributed by atoms with Crippen LogP contribution < -0.4 is 5.73 Å². The minimum absolute atomic E-state index is 0.0145. The molecule has 0 saturated heterocycles. The fraction of sp³-hybridized carbons (Fsp3) is 1.00. The summed E-state index contributed by atoms with van der Waals surface area (Å²) in [6.45, 7) is 2.06. The molecule has 0 aromatic carbocycles. The molecular weight excluding hydrogens is 102 g/mol. The van der Waals surface area contributed by atoms with E-state index in [1.807, 2.05) is 0 Å². The van der Waals surface area contributed by atoms with Gasteiger partial charge in [-0.15, -0.1) is 0 Å². The molecule has 0 amide bonds. The summed E-state index contributed by atoms with van der Waals surface area (Å²) < 4.78 is 0. The second-order valence-corrected chi connectivity index (χ2v) is 2.78. The summed E-state index contributed by atoms with van der Waals surface area (Å²) >= 11 is 0. The van der Waals surface area contributed by atoms with E-state index >= 15 is 0 Å². The average Bonchev–Trinajstić information content (AvgIpc) is 1.63. The van der Waals surface area contributed by atoms with Gasteiger partial charge in [0.1, 0.15) is 0 Å². The normalized spacial score (nSPS) is 46.1. The topological polar surface area (TPSA) is 46.2 Å². The van der Waals surface area contributed by atoms with Crippen LogP contribution in [0.1, 0.15) is 26.2 Å². The Bertz CT molecular complexity index is 86.5. The number of rotatable bonds is 1. The standard InChI is InChI=1S/C6H13NO/c1-2-6(7)3-5(8)4-6/h5,8H,2-4,7H2,1H3. The maximum absolute atomic E-state index is 8.83. The van der Waals surface area contributed by atoms with Crippen LogP contribution in [0.25, 0.3) is 0 Å². The Morgan fingerprint density at radius 3 is 2.38 bits per heavy atom. The summed E-state index contributed by atoms with van der Waals surface area (Å²) in [4.78, 5) is 0. The van der Waals surface area contributed by atoms with Crippen LogP contribution in [-0.2, 0) is 0 Å². The van der Waals surface area contributed by atoms with E-state index < -0.39 is 0 Å². The number of hydrogen-bond donors (Lipinski definition) is 2. The van der Waals surface area contributed by atoms with Gasteiger partial charge in [0.2, 0.25) is 0 Å². The van der Waals surface area contributed by atoms with Crippen molar-refractivity contribution < 1.29 is 5.11 Å². The van der Waals surface area contributed by atoms with Crippen molar-refractivity contribution in [3.05, 3.63) is 0 Å². The zero-order valence-corrected chi connectivity index (χ0v) is 5.22. The van der Waals surface area contributed by atoms with E-state index in [0.717, 1.165) is 19.3 Å². The number of aliphatic hydroxyl groups excluding tert-OH is 1. The number of aliphatic hydroxyl groups is 1. The fourth-order valence-corrected chi connectivity index (χ4v) is 1.17. The Morgan fingerprint density at radius 1 is 1.75 bits per heavy atom. The molecular formula is C6H13NO. The van der Waals surface area contributed by atoms with Gasteiger partial charge in [0.05, 0.1) is 6.10 Å². The Labute approximate surface area is 49.7 Å². The molecule has 0 aromatic heterocycles. The molecule has 0 unspecified atom stereocenters. The van der Waals surface area contributed by atoms with Crippen LogP contribution in [0.15, 0.2) is 0 Å². The first-order valence-electron chi connectivity index (χ1n) is 3.13. The minimum Gasteiger partial charge on any atom is -0.393 e. The van der Waals surface area contributed by atoms with Gasteiger partial charge in [-0.05, 0) is 19.3 Å². The Hall–Kier alpha value is -0.0800. The highest BCUT2D eigenvalue weighted by Crippen LogP contribution is 2.31. The van der Waals surface area contributed by atoms with Gasteiger partial charge < -0.3 is 10.8 Å². The van der Waals surface area contributed by atoms with Crippen LogP contribution in [0.2, 0.25) is 0 Å².